The first kappa shape index (κ1) is 18.9. The van der Waals surface area contributed by atoms with Crippen molar-refractivity contribution in [2.45, 2.75) is 44.3 Å². The van der Waals surface area contributed by atoms with E-state index in [0.717, 1.165) is 5.01 Å². The van der Waals surface area contributed by atoms with E-state index in [4.69, 9.17) is 20.1 Å². The lowest BCUT2D eigenvalue weighted by Gasteiger charge is -2.42. The second kappa shape index (κ2) is 6.16. The lowest BCUT2D eigenvalue weighted by atomic mass is 10.1. The lowest BCUT2D eigenvalue weighted by Crippen LogP contribution is -2.64. The zero-order valence-corrected chi connectivity index (χ0v) is 13.6. The second-order valence-corrected chi connectivity index (χ2v) is 5.30. The summed E-state index contributed by atoms with van der Waals surface area (Å²) in [5.41, 5.74) is 0. The van der Waals surface area contributed by atoms with Crippen LogP contribution in [-0.2, 0) is 14.2 Å². The van der Waals surface area contributed by atoms with E-state index in [1.807, 2.05) is 0 Å². The quantitative estimate of drug-likeness (QED) is 0.337. The van der Waals surface area contributed by atoms with Crippen LogP contribution in [0.4, 0.5) is 0 Å². The molecule has 1 aliphatic rings. The normalized spacial score (nSPS) is 27.4. The Kier molecular flexibility index (Phi) is 5.30. The van der Waals surface area contributed by atoms with Crippen LogP contribution >= 0.6 is 0 Å². The van der Waals surface area contributed by atoms with Gasteiger partial charge in [0.25, 0.3) is 0 Å². The van der Waals surface area contributed by atoms with Crippen LogP contribution in [-0.4, -0.2) is 76.9 Å². The van der Waals surface area contributed by atoms with Gasteiger partial charge in [-0.3, -0.25) is 5.01 Å². The standard InChI is InChI=1S/C12H24N4O6/c1-10(17,20-4)7-14-8(11(2,18)21-5)16(13)9(15-7)12(3,19)22-6/h8,17-19H,13H2,1-6H3. The summed E-state index contributed by atoms with van der Waals surface area (Å²) in [6.45, 7) is 3.93. The molecule has 10 heteroatoms. The van der Waals surface area contributed by atoms with Gasteiger partial charge in [-0.25, -0.2) is 15.8 Å². The van der Waals surface area contributed by atoms with E-state index >= 15 is 0 Å². The van der Waals surface area contributed by atoms with E-state index in [9.17, 15) is 15.3 Å². The van der Waals surface area contributed by atoms with Crippen LogP contribution < -0.4 is 5.84 Å². The summed E-state index contributed by atoms with van der Waals surface area (Å²) < 4.78 is 14.8. The highest BCUT2D eigenvalue weighted by Gasteiger charge is 2.47. The molecule has 128 valence electrons. The molecule has 5 N–H and O–H groups in total. The molecule has 1 rings (SSSR count). The largest absolute Gasteiger partial charge is 0.363 e. The number of amidine groups is 2. The number of aliphatic hydroxyl groups is 3. The minimum absolute atomic E-state index is 0.181. The van der Waals surface area contributed by atoms with Crippen LogP contribution in [0.2, 0.25) is 0 Å². The van der Waals surface area contributed by atoms with E-state index in [1.165, 1.54) is 42.1 Å². The number of methoxy groups -OCH3 is 3. The Bertz CT molecular complexity index is 474. The highest BCUT2D eigenvalue weighted by Crippen LogP contribution is 2.26. The Morgan fingerprint density at radius 3 is 1.91 bits per heavy atom. The molecule has 0 radical (unpaired) electrons. The number of hydrogen-bond acceptors (Lipinski definition) is 10. The predicted molar refractivity (Wildman–Crippen MR) is 77.6 cm³/mol. The van der Waals surface area contributed by atoms with Crippen molar-refractivity contribution in [1.82, 2.24) is 5.01 Å². The molecule has 0 spiro atoms. The molecule has 0 aromatic rings. The summed E-state index contributed by atoms with van der Waals surface area (Å²) in [5.74, 6) is -0.0711. The predicted octanol–water partition coefficient (Wildman–Crippen LogP) is -1.64. The minimum atomic E-state index is -1.89. The maximum Gasteiger partial charge on any atom is 0.224 e. The van der Waals surface area contributed by atoms with Crippen LogP contribution in [0.1, 0.15) is 20.8 Å². The zero-order valence-electron chi connectivity index (χ0n) is 13.6. The second-order valence-electron chi connectivity index (χ2n) is 5.30. The molecule has 10 nitrogen and oxygen atoms in total. The van der Waals surface area contributed by atoms with Crippen molar-refractivity contribution in [2.24, 2.45) is 15.8 Å². The van der Waals surface area contributed by atoms with Crippen LogP contribution in [0.25, 0.3) is 0 Å². The summed E-state index contributed by atoms with van der Waals surface area (Å²) in [5, 5.41) is 31.6. The molecule has 0 amide bonds. The molecule has 1 aliphatic heterocycles. The number of nitrogens with two attached hydrogens (primary N) is 1. The van der Waals surface area contributed by atoms with Gasteiger partial charge in [-0.1, -0.05) is 0 Å². The Balaban J connectivity index is 3.45. The molecule has 4 atom stereocenters. The summed E-state index contributed by atoms with van der Waals surface area (Å²) >= 11 is 0. The summed E-state index contributed by atoms with van der Waals surface area (Å²) in [6.07, 6.45) is -1.21. The van der Waals surface area contributed by atoms with Crippen LogP contribution in [0.5, 0.6) is 0 Å². The van der Waals surface area contributed by atoms with Gasteiger partial charge in [0, 0.05) is 21.3 Å². The molecule has 0 aromatic heterocycles. The number of rotatable bonds is 6. The molecule has 0 saturated heterocycles. The first-order chi connectivity index (χ1) is 9.93. The van der Waals surface area contributed by atoms with Crippen molar-refractivity contribution in [3.05, 3.63) is 0 Å². The molecule has 0 fully saturated rings. The molecule has 0 aliphatic carbocycles. The van der Waals surface area contributed by atoms with Crippen LogP contribution in [0.3, 0.4) is 0 Å². The highest BCUT2D eigenvalue weighted by atomic mass is 16.6. The van der Waals surface area contributed by atoms with E-state index in [1.54, 1.807) is 0 Å². The molecule has 1 heterocycles. The zero-order chi connectivity index (χ0) is 17.3. The van der Waals surface area contributed by atoms with Crippen LogP contribution in [0.15, 0.2) is 9.98 Å². The fourth-order valence-electron chi connectivity index (χ4n) is 1.71. The Hall–Kier alpha value is -1.14. The SMILES string of the molecule is COC(C)(O)C1=NC(C(C)(O)OC)N(N)C(C(C)(O)OC)=N1. The topological polar surface area (TPSA) is 142 Å². The number of hydrazine groups is 1. The van der Waals surface area contributed by atoms with E-state index in [2.05, 4.69) is 9.98 Å². The molecular weight excluding hydrogens is 296 g/mol. The van der Waals surface area contributed by atoms with E-state index in [0.29, 0.717) is 0 Å². The van der Waals surface area contributed by atoms with Crippen LogP contribution in [0, 0.1) is 0 Å². The van der Waals surface area contributed by atoms with E-state index < -0.39 is 23.5 Å². The number of hydrogen-bond donors (Lipinski definition) is 4. The Labute approximate surface area is 128 Å². The first-order valence-corrected chi connectivity index (χ1v) is 6.47. The van der Waals surface area contributed by atoms with Gasteiger partial charge >= 0.3 is 0 Å². The van der Waals surface area contributed by atoms with Crippen molar-refractivity contribution in [3.63, 3.8) is 0 Å². The van der Waals surface area contributed by atoms with Gasteiger partial charge in [-0.15, -0.1) is 0 Å². The Morgan fingerprint density at radius 1 is 1.00 bits per heavy atom. The smallest absolute Gasteiger partial charge is 0.224 e. The Morgan fingerprint density at radius 2 is 1.50 bits per heavy atom. The minimum Gasteiger partial charge on any atom is -0.363 e. The molecule has 0 bridgehead atoms. The third-order valence-corrected chi connectivity index (χ3v) is 3.48. The van der Waals surface area contributed by atoms with Gasteiger partial charge in [0.1, 0.15) is 0 Å². The van der Waals surface area contributed by atoms with E-state index in [-0.39, 0.29) is 11.7 Å². The van der Waals surface area contributed by atoms with Gasteiger partial charge < -0.3 is 29.5 Å². The maximum absolute atomic E-state index is 10.3. The third-order valence-electron chi connectivity index (χ3n) is 3.48. The third kappa shape index (κ3) is 3.43. The number of aliphatic imine (C=N–C) groups is 2. The molecule has 22 heavy (non-hydrogen) atoms. The van der Waals surface area contributed by atoms with Gasteiger partial charge in [0.05, 0.1) is 0 Å². The van der Waals surface area contributed by atoms with Crippen molar-refractivity contribution < 1.29 is 29.5 Å². The first-order valence-electron chi connectivity index (χ1n) is 6.47. The van der Waals surface area contributed by atoms with Gasteiger partial charge in [-0.05, 0) is 20.8 Å². The fraction of sp³-hybridized carbons (Fsp3) is 0.833. The van der Waals surface area contributed by atoms with Crippen molar-refractivity contribution >= 4 is 11.7 Å². The van der Waals surface area contributed by atoms with Gasteiger partial charge in [-0.2, -0.15) is 0 Å². The number of nitrogens with zero attached hydrogens (tertiary/aromatic N) is 3. The highest BCUT2D eigenvalue weighted by molar-refractivity contribution is 6.04. The summed E-state index contributed by atoms with van der Waals surface area (Å²) in [6, 6.07) is 0. The fourth-order valence-corrected chi connectivity index (χ4v) is 1.71. The van der Waals surface area contributed by atoms with Gasteiger partial charge in [0.15, 0.2) is 17.8 Å². The van der Waals surface area contributed by atoms with Crippen molar-refractivity contribution in [2.75, 3.05) is 21.3 Å². The average Bonchev–Trinajstić information content (AvgIpc) is 2.46. The maximum atomic E-state index is 10.3. The number of ether oxygens (including phenoxy) is 3. The molecule has 0 aromatic carbocycles. The molecular formula is C12H24N4O6. The van der Waals surface area contributed by atoms with Crippen molar-refractivity contribution in [1.29, 1.82) is 0 Å². The summed E-state index contributed by atoms with van der Waals surface area (Å²) in [4.78, 5) is 8.06. The monoisotopic (exact) mass is 320 g/mol. The van der Waals surface area contributed by atoms with Gasteiger partial charge in [0.2, 0.25) is 17.4 Å². The lowest BCUT2D eigenvalue weighted by molar-refractivity contribution is -0.209. The van der Waals surface area contributed by atoms with Crippen molar-refractivity contribution in [3.8, 4) is 0 Å². The molecule has 4 unspecified atom stereocenters. The average molecular weight is 320 g/mol. The molecule has 0 saturated carbocycles. The summed E-state index contributed by atoms with van der Waals surface area (Å²) in [7, 11) is 3.77.